The Hall–Kier alpha value is -1.27. The Morgan fingerprint density at radius 2 is 2.29 bits per heavy atom. The molecule has 0 amide bonds. The average Bonchev–Trinajstić information content (AvgIpc) is 3.21. The molecular formula is C19H24N2O2S. The van der Waals surface area contributed by atoms with Gasteiger partial charge in [0, 0.05) is 41.3 Å². The molecule has 0 N–H and O–H groups in total. The molecule has 5 heteroatoms. The van der Waals surface area contributed by atoms with Crippen molar-refractivity contribution in [2.75, 3.05) is 13.2 Å². The van der Waals surface area contributed by atoms with Crippen molar-refractivity contribution in [1.82, 2.24) is 9.88 Å². The SMILES string of the molecule is Cc1ccc(CN2CCO[C@@H]3[C@H]2CC[C@H]3OCc2cccnc2)s1. The Kier molecular flexibility index (Phi) is 4.94. The van der Waals surface area contributed by atoms with Crippen LogP contribution in [0.15, 0.2) is 36.7 Å². The molecule has 128 valence electrons. The van der Waals surface area contributed by atoms with E-state index in [1.807, 2.05) is 23.6 Å². The van der Waals surface area contributed by atoms with Crippen molar-refractivity contribution in [1.29, 1.82) is 0 Å². The Bertz CT molecular complexity index is 660. The lowest BCUT2D eigenvalue weighted by Gasteiger charge is -2.38. The third-order valence-corrected chi connectivity index (χ3v) is 5.98. The number of morpholine rings is 1. The van der Waals surface area contributed by atoms with Crippen molar-refractivity contribution in [3.63, 3.8) is 0 Å². The zero-order chi connectivity index (χ0) is 16.4. The lowest BCUT2D eigenvalue weighted by Crippen LogP contribution is -2.51. The number of thiophene rings is 1. The molecule has 3 heterocycles. The van der Waals surface area contributed by atoms with Gasteiger partial charge in [0.25, 0.3) is 0 Å². The number of ether oxygens (including phenoxy) is 2. The van der Waals surface area contributed by atoms with Crippen molar-refractivity contribution < 1.29 is 9.47 Å². The lowest BCUT2D eigenvalue weighted by molar-refractivity contribution is -0.118. The minimum atomic E-state index is 0.197. The highest BCUT2D eigenvalue weighted by Crippen LogP contribution is 2.34. The second-order valence-electron chi connectivity index (χ2n) is 6.67. The molecule has 0 spiro atoms. The quantitative estimate of drug-likeness (QED) is 0.833. The summed E-state index contributed by atoms with van der Waals surface area (Å²) in [6.45, 7) is 5.66. The smallest absolute Gasteiger partial charge is 0.0992 e. The molecule has 0 unspecified atom stereocenters. The van der Waals surface area contributed by atoms with Gasteiger partial charge in [0.15, 0.2) is 0 Å². The fraction of sp³-hybridized carbons (Fsp3) is 0.526. The average molecular weight is 344 g/mol. The van der Waals surface area contributed by atoms with Crippen molar-refractivity contribution in [3.05, 3.63) is 52.0 Å². The second-order valence-corrected chi connectivity index (χ2v) is 8.05. The standard InChI is InChI=1S/C19H24N2O2S/c1-14-4-5-16(24-14)12-21-9-10-22-19-17(21)6-7-18(19)23-13-15-3-2-8-20-11-15/h2-5,8,11,17-19H,6-7,9-10,12-13H2,1H3/t17-,18-,19-/m1/s1. The Labute approximate surface area is 147 Å². The van der Waals surface area contributed by atoms with Gasteiger partial charge in [-0.2, -0.15) is 0 Å². The largest absolute Gasteiger partial charge is 0.373 e. The van der Waals surface area contributed by atoms with E-state index in [4.69, 9.17) is 9.47 Å². The van der Waals surface area contributed by atoms with E-state index in [2.05, 4.69) is 35.0 Å². The molecular weight excluding hydrogens is 320 g/mol. The summed E-state index contributed by atoms with van der Waals surface area (Å²) in [4.78, 5) is 9.58. The zero-order valence-corrected chi connectivity index (χ0v) is 14.9. The summed E-state index contributed by atoms with van der Waals surface area (Å²) in [5.74, 6) is 0. The van der Waals surface area contributed by atoms with Gasteiger partial charge in [0.2, 0.25) is 0 Å². The maximum Gasteiger partial charge on any atom is 0.0992 e. The van der Waals surface area contributed by atoms with Crippen LogP contribution in [0.1, 0.15) is 28.2 Å². The van der Waals surface area contributed by atoms with E-state index in [1.165, 1.54) is 9.75 Å². The van der Waals surface area contributed by atoms with Gasteiger partial charge >= 0.3 is 0 Å². The number of aryl methyl sites for hydroxylation is 1. The summed E-state index contributed by atoms with van der Waals surface area (Å²) in [5.41, 5.74) is 1.13. The molecule has 1 saturated carbocycles. The van der Waals surface area contributed by atoms with E-state index in [9.17, 15) is 0 Å². The van der Waals surface area contributed by atoms with Gasteiger partial charge in [-0.25, -0.2) is 0 Å². The number of hydrogen-bond donors (Lipinski definition) is 0. The van der Waals surface area contributed by atoms with Gasteiger partial charge in [0.1, 0.15) is 0 Å². The van der Waals surface area contributed by atoms with Crippen LogP contribution in [0.2, 0.25) is 0 Å². The Morgan fingerprint density at radius 3 is 3.08 bits per heavy atom. The second kappa shape index (κ2) is 7.31. The molecule has 3 atom stereocenters. The van der Waals surface area contributed by atoms with Crippen LogP contribution in [0.3, 0.4) is 0 Å². The fourth-order valence-corrected chi connectivity index (χ4v) is 4.74. The third kappa shape index (κ3) is 3.54. The first kappa shape index (κ1) is 16.2. The highest BCUT2D eigenvalue weighted by molar-refractivity contribution is 7.11. The number of rotatable bonds is 5. The molecule has 2 aliphatic rings. The van der Waals surface area contributed by atoms with E-state index >= 15 is 0 Å². The van der Waals surface area contributed by atoms with Gasteiger partial charge in [-0.05, 0) is 43.5 Å². The lowest BCUT2D eigenvalue weighted by atomic mass is 10.1. The van der Waals surface area contributed by atoms with Crippen molar-refractivity contribution in [2.24, 2.45) is 0 Å². The van der Waals surface area contributed by atoms with Crippen LogP contribution >= 0.6 is 11.3 Å². The first-order chi connectivity index (χ1) is 11.8. The molecule has 2 aromatic heterocycles. The molecule has 0 bridgehead atoms. The van der Waals surface area contributed by atoms with Gasteiger partial charge in [-0.15, -0.1) is 11.3 Å². The van der Waals surface area contributed by atoms with E-state index in [1.54, 1.807) is 6.20 Å². The summed E-state index contributed by atoms with van der Waals surface area (Å²) >= 11 is 1.90. The molecule has 4 nitrogen and oxygen atoms in total. The third-order valence-electron chi connectivity index (χ3n) is 4.99. The molecule has 0 radical (unpaired) electrons. The minimum absolute atomic E-state index is 0.197. The molecule has 24 heavy (non-hydrogen) atoms. The molecule has 1 aliphatic carbocycles. The van der Waals surface area contributed by atoms with Crippen molar-refractivity contribution in [2.45, 2.75) is 51.2 Å². The van der Waals surface area contributed by atoms with Crippen LogP contribution in [0.25, 0.3) is 0 Å². The minimum Gasteiger partial charge on any atom is -0.373 e. The number of fused-ring (bicyclic) bond motifs is 1. The predicted octanol–water partition coefficient (Wildman–Crippen LogP) is 3.40. The predicted molar refractivity (Wildman–Crippen MR) is 95.0 cm³/mol. The molecule has 2 fully saturated rings. The zero-order valence-electron chi connectivity index (χ0n) is 14.1. The Morgan fingerprint density at radius 1 is 1.33 bits per heavy atom. The van der Waals surface area contributed by atoms with Crippen molar-refractivity contribution in [3.8, 4) is 0 Å². The number of aromatic nitrogens is 1. The molecule has 2 aromatic rings. The summed E-state index contributed by atoms with van der Waals surface area (Å²) in [6.07, 6.45) is 6.31. The monoisotopic (exact) mass is 344 g/mol. The van der Waals surface area contributed by atoms with Gasteiger partial charge < -0.3 is 9.47 Å². The van der Waals surface area contributed by atoms with Crippen LogP contribution in [-0.4, -0.2) is 41.3 Å². The first-order valence-electron chi connectivity index (χ1n) is 8.71. The maximum atomic E-state index is 6.17. The summed E-state index contributed by atoms with van der Waals surface area (Å²) in [7, 11) is 0. The molecule has 4 rings (SSSR count). The summed E-state index contributed by atoms with van der Waals surface area (Å²) < 4.78 is 12.3. The van der Waals surface area contributed by atoms with Crippen LogP contribution in [0.5, 0.6) is 0 Å². The van der Waals surface area contributed by atoms with E-state index in [0.29, 0.717) is 12.6 Å². The molecule has 1 aliphatic heterocycles. The molecule has 1 saturated heterocycles. The van der Waals surface area contributed by atoms with Gasteiger partial charge in [-0.1, -0.05) is 6.07 Å². The maximum absolute atomic E-state index is 6.17. The highest BCUT2D eigenvalue weighted by Gasteiger charge is 2.43. The molecule has 0 aromatic carbocycles. The fourth-order valence-electron chi connectivity index (χ4n) is 3.82. The normalized spacial score (nSPS) is 27.3. The number of pyridine rings is 1. The van der Waals surface area contributed by atoms with Crippen LogP contribution in [-0.2, 0) is 22.6 Å². The number of hydrogen-bond acceptors (Lipinski definition) is 5. The van der Waals surface area contributed by atoms with Gasteiger partial charge in [-0.3, -0.25) is 9.88 Å². The van der Waals surface area contributed by atoms with E-state index in [-0.39, 0.29) is 12.2 Å². The van der Waals surface area contributed by atoms with Crippen LogP contribution < -0.4 is 0 Å². The highest BCUT2D eigenvalue weighted by atomic mass is 32.1. The number of nitrogens with zero attached hydrogens (tertiary/aromatic N) is 2. The van der Waals surface area contributed by atoms with E-state index in [0.717, 1.165) is 38.1 Å². The van der Waals surface area contributed by atoms with Gasteiger partial charge in [0.05, 0.1) is 25.4 Å². The topological polar surface area (TPSA) is 34.6 Å². The Balaban J connectivity index is 1.37. The van der Waals surface area contributed by atoms with Crippen molar-refractivity contribution >= 4 is 11.3 Å². The van der Waals surface area contributed by atoms with Crippen LogP contribution in [0, 0.1) is 6.92 Å². The van der Waals surface area contributed by atoms with Crippen LogP contribution in [0.4, 0.5) is 0 Å². The van der Waals surface area contributed by atoms with E-state index < -0.39 is 0 Å². The first-order valence-corrected chi connectivity index (χ1v) is 9.53. The summed E-state index contributed by atoms with van der Waals surface area (Å²) in [6, 6.07) is 8.98. The summed E-state index contributed by atoms with van der Waals surface area (Å²) in [5, 5.41) is 0.